The van der Waals surface area contributed by atoms with E-state index in [0.29, 0.717) is 22.5 Å². The van der Waals surface area contributed by atoms with Crippen molar-refractivity contribution in [1.29, 1.82) is 0 Å². The summed E-state index contributed by atoms with van der Waals surface area (Å²) in [4.78, 5) is 7.61. The second-order valence-electron chi connectivity index (χ2n) is 1.58. The lowest BCUT2D eigenvalue weighted by Crippen LogP contribution is -1.91. The maximum Gasteiger partial charge on any atom is 0.467 e. The molecule has 52 valence electrons. The van der Waals surface area contributed by atoms with Crippen molar-refractivity contribution in [2.45, 2.75) is 5.75 Å². The first-order valence-corrected chi connectivity index (χ1v) is 3.83. The van der Waals surface area contributed by atoms with E-state index in [-0.39, 0.29) is 5.75 Å². The van der Waals surface area contributed by atoms with E-state index in [0.717, 1.165) is 0 Å². The summed E-state index contributed by atoms with van der Waals surface area (Å²) < 4.78 is 9.99. The number of nitrogens with zero attached hydrogens (tertiary/aromatic N) is 2. The smallest absolute Gasteiger partial charge is 0.234 e. The molecular weight excluding hydrogens is 172 g/mol. The number of rotatable bonds is 2. The Morgan fingerprint density at radius 1 is 1.50 bits per heavy atom. The Morgan fingerprint density at radius 3 is 2.60 bits per heavy atom. The van der Waals surface area contributed by atoms with Crippen molar-refractivity contribution in [2.24, 2.45) is 0 Å². The Morgan fingerprint density at radius 2 is 2.10 bits per heavy atom. The van der Waals surface area contributed by atoms with Crippen LogP contribution < -0.4 is 0 Å². The van der Waals surface area contributed by atoms with Gasteiger partial charge >= 0.3 is 11.7 Å². The fraction of sp³-hybridized carbons (Fsp3) is 0.200. The van der Waals surface area contributed by atoms with Gasteiger partial charge in [-0.3, -0.25) is 0 Å². The molecule has 1 heterocycles. The van der Waals surface area contributed by atoms with Gasteiger partial charge < -0.3 is 0 Å². The molecule has 0 saturated carbocycles. The fourth-order valence-corrected chi connectivity index (χ4v) is 0.818. The quantitative estimate of drug-likeness (QED) is 0.632. The Bertz CT molecular complexity index is 226. The van der Waals surface area contributed by atoms with E-state index in [1.54, 1.807) is 0 Å². The number of hydrogen-bond donors (Lipinski definition) is 0. The lowest BCUT2D eigenvalue weighted by atomic mass is 10.6. The maximum absolute atomic E-state index is 9.99. The van der Waals surface area contributed by atoms with E-state index in [9.17, 15) is 4.21 Å². The summed E-state index contributed by atoms with van der Waals surface area (Å²) in [5.74, 6) is 0.807. The standard InChI is InChI=1S/C5H4ClN2OS/c6-4-1-7-5(3-10-9)8-2-4/h1-2H,3H2/q+1. The molecule has 0 bridgehead atoms. The maximum atomic E-state index is 9.99. The SMILES string of the molecule is O=[S+]Cc1ncc(Cl)cn1. The zero-order valence-corrected chi connectivity index (χ0v) is 6.52. The summed E-state index contributed by atoms with van der Waals surface area (Å²) in [7, 11) is 0. The summed E-state index contributed by atoms with van der Waals surface area (Å²) in [5, 5.41) is 0.486. The number of aromatic nitrogens is 2. The van der Waals surface area contributed by atoms with Crippen molar-refractivity contribution in [3.8, 4) is 0 Å². The van der Waals surface area contributed by atoms with Crippen LogP contribution in [0.5, 0.6) is 0 Å². The van der Waals surface area contributed by atoms with Crippen molar-refractivity contribution in [3.05, 3.63) is 23.2 Å². The molecule has 0 spiro atoms. The van der Waals surface area contributed by atoms with Gasteiger partial charge in [-0.15, -0.1) is 0 Å². The third-order valence-corrected chi connectivity index (χ3v) is 1.43. The van der Waals surface area contributed by atoms with Gasteiger partial charge in [0.1, 0.15) is 0 Å². The van der Waals surface area contributed by atoms with Crippen LogP contribution in [0.3, 0.4) is 0 Å². The molecule has 0 amide bonds. The minimum absolute atomic E-state index is 0.289. The van der Waals surface area contributed by atoms with Gasteiger partial charge in [0.25, 0.3) is 5.75 Å². The van der Waals surface area contributed by atoms with E-state index in [1.807, 2.05) is 0 Å². The summed E-state index contributed by atoms with van der Waals surface area (Å²) >= 11 is 5.94. The molecule has 0 saturated heterocycles. The van der Waals surface area contributed by atoms with Crippen LogP contribution in [0.1, 0.15) is 5.82 Å². The normalized spacial score (nSPS) is 9.30. The highest BCUT2D eigenvalue weighted by Gasteiger charge is 2.03. The van der Waals surface area contributed by atoms with Crippen molar-refractivity contribution >= 4 is 23.3 Å². The molecule has 5 heteroatoms. The summed E-state index contributed by atoms with van der Waals surface area (Å²) in [6.07, 6.45) is 2.94. The molecule has 10 heavy (non-hydrogen) atoms. The minimum atomic E-state index is 0.289. The largest absolute Gasteiger partial charge is 0.467 e. The van der Waals surface area contributed by atoms with E-state index in [2.05, 4.69) is 9.97 Å². The van der Waals surface area contributed by atoms with Gasteiger partial charge in [-0.1, -0.05) is 11.6 Å². The predicted octanol–water partition coefficient (Wildman–Crippen LogP) is 1.06. The van der Waals surface area contributed by atoms with E-state index in [1.165, 1.54) is 12.4 Å². The van der Waals surface area contributed by atoms with Crippen LogP contribution in [0.25, 0.3) is 0 Å². The van der Waals surface area contributed by atoms with Gasteiger partial charge in [0.05, 0.1) is 5.02 Å². The summed E-state index contributed by atoms with van der Waals surface area (Å²) in [5.41, 5.74) is 0. The molecule has 0 atom stereocenters. The van der Waals surface area contributed by atoms with E-state index in [4.69, 9.17) is 11.6 Å². The highest BCUT2D eigenvalue weighted by atomic mass is 35.5. The lowest BCUT2D eigenvalue weighted by Gasteiger charge is -1.86. The van der Waals surface area contributed by atoms with Crippen molar-refractivity contribution < 1.29 is 4.21 Å². The lowest BCUT2D eigenvalue weighted by molar-refractivity contribution is 0.604. The minimum Gasteiger partial charge on any atom is -0.234 e. The second-order valence-corrected chi connectivity index (χ2v) is 2.54. The zero-order valence-electron chi connectivity index (χ0n) is 4.95. The highest BCUT2D eigenvalue weighted by molar-refractivity contribution is 7.64. The first-order chi connectivity index (χ1) is 4.83. The molecule has 0 unspecified atom stereocenters. The molecule has 0 aromatic carbocycles. The topological polar surface area (TPSA) is 42.9 Å². The van der Waals surface area contributed by atoms with Gasteiger partial charge in [-0.2, -0.15) is 0 Å². The third-order valence-electron chi connectivity index (χ3n) is 0.862. The monoisotopic (exact) mass is 175 g/mol. The Labute approximate surface area is 66.9 Å². The van der Waals surface area contributed by atoms with Crippen molar-refractivity contribution in [2.75, 3.05) is 0 Å². The number of halogens is 1. The molecular formula is C5H4ClN2OS+. The molecule has 0 radical (unpaired) electrons. The van der Waals surface area contributed by atoms with Gasteiger partial charge in [0.15, 0.2) is 5.82 Å². The van der Waals surface area contributed by atoms with Gasteiger partial charge in [-0.25, -0.2) is 9.97 Å². The van der Waals surface area contributed by atoms with Crippen molar-refractivity contribution in [1.82, 2.24) is 9.97 Å². The van der Waals surface area contributed by atoms with Crippen LogP contribution in [0.2, 0.25) is 5.02 Å². The van der Waals surface area contributed by atoms with E-state index < -0.39 is 0 Å². The van der Waals surface area contributed by atoms with Crippen LogP contribution in [-0.4, -0.2) is 9.97 Å². The molecule has 1 aromatic heterocycles. The first-order valence-electron chi connectivity index (χ1n) is 2.54. The Kier molecular flexibility index (Phi) is 2.65. The van der Waals surface area contributed by atoms with Gasteiger partial charge in [-0.05, 0) is 0 Å². The zero-order chi connectivity index (χ0) is 7.40. The Hall–Kier alpha value is -0.610. The predicted molar refractivity (Wildman–Crippen MR) is 38.8 cm³/mol. The molecule has 0 aliphatic carbocycles. The van der Waals surface area contributed by atoms with E-state index >= 15 is 0 Å². The van der Waals surface area contributed by atoms with Crippen LogP contribution in [0.4, 0.5) is 0 Å². The highest BCUT2D eigenvalue weighted by Crippen LogP contribution is 2.02. The van der Waals surface area contributed by atoms with Gasteiger partial charge in [0.2, 0.25) is 0 Å². The molecule has 3 nitrogen and oxygen atoms in total. The van der Waals surface area contributed by atoms with Crippen LogP contribution in [0, 0.1) is 0 Å². The second kappa shape index (κ2) is 3.53. The third kappa shape index (κ3) is 1.97. The van der Waals surface area contributed by atoms with Crippen LogP contribution >= 0.6 is 11.6 Å². The molecule has 0 aliphatic rings. The van der Waals surface area contributed by atoms with Crippen LogP contribution in [-0.2, 0) is 21.6 Å². The Balaban J connectivity index is 2.78. The average Bonchev–Trinajstić information content (AvgIpc) is 1.95. The molecule has 0 N–H and O–H groups in total. The van der Waals surface area contributed by atoms with Crippen LogP contribution in [0.15, 0.2) is 12.4 Å². The molecule has 0 fully saturated rings. The summed E-state index contributed by atoms with van der Waals surface area (Å²) in [6.45, 7) is 0. The number of hydrogen-bond acceptors (Lipinski definition) is 3. The first kappa shape index (κ1) is 7.50. The molecule has 1 rings (SSSR count). The molecule has 1 aromatic rings. The fourth-order valence-electron chi connectivity index (χ4n) is 0.466. The molecule has 0 aliphatic heterocycles. The van der Waals surface area contributed by atoms with Gasteiger partial charge in [0, 0.05) is 16.6 Å². The summed E-state index contributed by atoms with van der Waals surface area (Å²) in [6, 6.07) is 0. The van der Waals surface area contributed by atoms with Crippen molar-refractivity contribution in [3.63, 3.8) is 0 Å². The average molecular weight is 176 g/mol.